The molecule has 0 aliphatic carbocycles. The van der Waals surface area contributed by atoms with E-state index in [-0.39, 0.29) is 12.5 Å². The predicted molar refractivity (Wildman–Crippen MR) is 122 cm³/mol. The van der Waals surface area contributed by atoms with Gasteiger partial charge in [-0.1, -0.05) is 0 Å². The van der Waals surface area contributed by atoms with Crippen molar-refractivity contribution in [2.75, 3.05) is 5.32 Å². The number of nitrogens with zero attached hydrogens (tertiary/aromatic N) is 6. The number of hydrogen-bond donors (Lipinski definition) is 1. The number of fused-ring (bicyclic) bond motifs is 1. The third-order valence-electron chi connectivity index (χ3n) is 5.18. The van der Waals surface area contributed by atoms with Gasteiger partial charge < -0.3 is 9.88 Å². The van der Waals surface area contributed by atoms with E-state index in [1.165, 1.54) is 0 Å². The number of aryl methyl sites for hydroxylation is 1. The maximum Gasteiger partial charge on any atom is 0.245 e. The van der Waals surface area contributed by atoms with E-state index >= 15 is 0 Å². The number of carbonyl (C=O) groups is 1. The van der Waals surface area contributed by atoms with Crippen LogP contribution < -0.4 is 5.32 Å². The molecule has 0 radical (unpaired) electrons. The number of aromatic nitrogens is 6. The van der Waals surface area contributed by atoms with Gasteiger partial charge in [0.1, 0.15) is 18.0 Å². The minimum atomic E-state index is -0.186. The Morgan fingerprint density at radius 1 is 0.875 bits per heavy atom. The van der Waals surface area contributed by atoms with E-state index in [0.29, 0.717) is 5.82 Å². The van der Waals surface area contributed by atoms with Crippen LogP contribution in [0.2, 0.25) is 0 Å². The zero-order chi connectivity index (χ0) is 21.9. The monoisotopic (exact) mass is 421 g/mol. The number of rotatable bonds is 5. The lowest BCUT2D eigenvalue weighted by molar-refractivity contribution is -0.116. The lowest BCUT2D eigenvalue weighted by Crippen LogP contribution is -2.19. The molecule has 32 heavy (non-hydrogen) atoms. The number of carbonyl (C=O) groups excluding carboxylic acids is 1. The van der Waals surface area contributed by atoms with Crippen LogP contribution in [0.4, 0.5) is 5.82 Å². The van der Waals surface area contributed by atoms with Crippen LogP contribution >= 0.6 is 0 Å². The Bertz CT molecular complexity index is 1400. The number of pyridine rings is 3. The van der Waals surface area contributed by atoms with Crippen molar-refractivity contribution in [2.24, 2.45) is 0 Å². The molecule has 5 aromatic rings. The summed E-state index contributed by atoms with van der Waals surface area (Å²) in [6, 6.07) is 9.56. The van der Waals surface area contributed by atoms with E-state index in [9.17, 15) is 4.79 Å². The lowest BCUT2D eigenvalue weighted by Gasteiger charge is -2.09. The number of amides is 1. The molecular weight excluding hydrogens is 402 g/mol. The molecule has 0 aromatic carbocycles. The second-order valence-corrected chi connectivity index (χ2v) is 7.30. The van der Waals surface area contributed by atoms with Gasteiger partial charge in [0.05, 0.1) is 11.9 Å². The number of anilines is 1. The highest BCUT2D eigenvalue weighted by molar-refractivity contribution is 5.95. The fraction of sp³-hybridized carbons (Fsp3) is 0.0833. The van der Waals surface area contributed by atoms with Gasteiger partial charge in [0.2, 0.25) is 5.91 Å². The minimum absolute atomic E-state index is 0.128. The number of nitrogens with one attached hydrogen (secondary N) is 1. The maximum absolute atomic E-state index is 12.7. The van der Waals surface area contributed by atoms with Gasteiger partial charge in [-0.3, -0.25) is 19.7 Å². The standard InChI is InChI=1S/C24H19N7O/c1-16-12-25-7-4-18(16)19-5-8-28-24-20(19)6-11-31(24)15-23(32)30-22-3-2-17(13-29-22)21-14-26-9-10-27-21/h2-14H,15H2,1H3,(H,29,30,32). The van der Waals surface area contributed by atoms with E-state index in [2.05, 4.69) is 30.2 Å². The Balaban J connectivity index is 1.34. The molecule has 0 aliphatic heterocycles. The zero-order valence-electron chi connectivity index (χ0n) is 17.3. The van der Waals surface area contributed by atoms with Crippen molar-refractivity contribution in [1.29, 1.82) is 0 Å². The van der Waals surface area contributed by atoms with Gasteiger partial charge in [-0.25, -0.2) is 9.97 Å². The largest absolute Gasteiger partial charge is 0.323 e. The fourth-order valence-corrected chi connectivity index (χ4v) is 3.63. The van der Waals surface area contributed by atoms with E-state index in [4.69, 9.17) is 0 Å². The van der Waals surface area contributed by atoms with E-state index < -0.39 is 0 Å². The van der Waals surface area contributed by atoms with E-state index in [1.54, 1.807) is 43.2 Å². The summed E-state index contributed by atoms with van der Waals surface area (Å²) >= 11 is 0. The van der Waals surface area contributed by atoms with Crippen LogP contribution in [0.3, 0.4) is 0 Å². The molecular formula is C24H19N7O. The first-order valence-electron chi connectivity index (χ1n) is 10.1. The first-order chi connectivity index (χ1) is 15.7. The third-order valence-corrected chi connectivity index (χ3v) is 5.18. The first kappa shape index (κ1) is 19.5. The molecule has 0 bridgehead atoms. The molecule has 5 rings (SSSR count). The van der Waals surface area contributed by atoms with Gasteiger partial charge >= 0.3 is 0 Å². The molecule has 156 valence electrons. The highest BCUT2D eigenvalue weighted by Gasteiger charge is 2.13. The van der Waals surface area contributed by atoms with Gasteiger partial charge in [0.25, 0.3) is 0 Å². The second-order valence-electron chi connectivity index (χ2n) is 7.30. The first-order valence-corrected chi connectivity index (χ1v) is 10.1. The third kappa shape index (κ3) is 3.81. The van der Waals surface area contributed by atoms with Crippen LogP contribution in [-0.4, -0.2) is 35.4 Å². The van der Waals surface area contributed by atoms with Crippen LogP contribution in [0.15, 0.2) is 79.9 Å². The molecule has 0 saturated carbocycles. The van der Waals surface area contributed by atoms with Crippen molar-refractivity contribution >= 4 is 22.8 Å². The molecule has 8 heteroatoms. The number of hydrogen-bond acceptors (Lipinski definition) is 6. The van der Waals surface area contributed by atoms with Gasteiger partial charge in [0.15, 0.2) is 0 Å². The molecule has 5 aromatic heterocycles. The summed E-state index contributed by atoms with van der Waals surface area (Å²) < 4.78 is 1.83. The summed E-state index contributed by atoms with van der Waals surface area (Å²) in [6.45, 7) is 2.16. The smallest absolute Gasteiger partial charge is 0.245 e. The van der Waals surface area contributed by atoms with Crippen LogP contribution in [-0.2, 0) is 11.3 Å². The Morgan fingerprint density at radius 3 is 2.53 bits per heavy atom. The quantitative estimate of drug-likeness (QED) is 0.462. The summed E-state index contributed by atoms with van der Waals surface area (Å²) in [4.78, 5) is 34.0. The summed E-state index contributed by atoms with van der Waals surface area (Å²) in [6.07, 6.45) is 13.8. The van der Waals surface area contributed by atoms with E-state index in [1.807, 2.05) is 48.1 Å². The zero-order valence-corrected chi connectivity index (χ0v) is 17.3. The van der Waals surface area contributed by atoms with Gasteiger partial charge in [0, 0.05) is 54.3 Å². The summed E-state index contributed by atoms with van der Waals surface area (Å²) in [5.41, 5.74) is 5.55. The molecule has 0 atom stereocenters. The van der Waals surface area contributed by atoms with Crippen molar-refractivity contribution in [1.82, 2.24) is 29.5 Å². The summed E-state index contributed by atoms with van der Waals surface area (Å²) in [5, 5.41) is 3.82. The molecule has 0 spiro atoms. The summed E-state index contributed by atoms with van der Waals surface area (Å²) in [5.74, 6) is 0.287. The Kier molecular flexibility index (Phi) is 5.09. The van der Waals surface area contributed by atoms with Crippen molar-refractivity contribution < 1.29 is 4.79 Å². The summed E-state index contributed by atoms with van der Waals surface area (Å²) in [7, 11) is 0. The molecule has 1 N–H and O–H groups in total. The van der Waals surface area contributed by atoms with Crippen LogP contribution in [0.25, 0.3) is 33.4 Å². The average molecular weight is 421 g/mol. The van der Waals surface area contributed by atoms with Crippen LogP contribution in [0.5, 0.6) is 0 Å². The lowest BCUT2D eigenvalue weighted by atomic mass is 10.0. The van der Waals surface area contributed by atoms with Crippen molar-refractivity contribution in [3.8, 4) is 22.4 Å². The molecule has 0 unspecified atom stereocenters. The van der Waals surface area contributed by atoms with Crippen molar-refractivity contribution in [2.45, 2.75) is 13.5 Å². The van der Waals surface area contributed by atoms with Gasteiger partial charge in [-0.05, 0) is 53.9 Å². The van der Waals surface area contributed by atoms with Crippen LogP contribution in [0.1, 0.15) is 5.56 Å². The average Bonchev–Trinajstić information content (AvgIpc) is 3.23. The molecule has 0 aliphatic rings. The molecule has 1 amide bonds. The maximum atomic E-state index is 12.7. The fourth-order valence-electron chi connectivity index (χ4n) is 3.63. The topological polar surface area (TPSA) is 98.5 Å². The normalized spacial score (nSPS) is 10.9. The van der Waals surface area contributed by atoms with Gasteiger partial charge in [-0.15, -0.1) is 0 Å². The highest BCUT2D eigenvalue weighted by Crippen LogP contribution is 2.30. The minimum Gasteiger partial charge on any atom is -0.323 e. The highest BCUT2D eigenvalue weighted by atomic mass is 16.2. The molecule has 5 heterocycles. The Hall–Kier alpha value is -4.46. The molecule has 0 fully saturated rings. The molecule has 8 nitrogen and oxygen atoms in total. The predicted octanol–water partition coefficient (Wildman–Crippen LogP) is 3.90. The van der Waals surface area contributed by atoms with Crippen molar-refractivity contribution in [3.05, 3.63) is 85.5 Å². The van der Waals surface area contributed by atoms with Crippen molar-refractivity contribution in [3.63, 3.8) is 0 Å². The Morgan fingerprint density at radius 2 is 1.75 bits per heavy atom. The SMILES string of the molecule is Cc1cnccc1-c1ccnc2c1ccn2CC(=O)Nc1ccc(-c2cnccn2)cn1. The second kappa shape index (κ2) is 8.35. The van der Waals surface area contributed by atoms with Gasteiger partial charge in [-0.2, -0.15) is 0 Å². The van der Waals surface area contributed by atoms with Crippen LogP contribution in [0, 0.1) is 6.92 Å². The van der Waals surface area contributed by atoms with E-state index in [0.717, 1.165) is 39.0 Å². The molecule has 0 saturated heterocycles. The Labute approximate surface area is 184 Å².